The number of oxime groups is 1. The van der Waals surface area contributed by atoms with Crippen molar-refractivity contribution in [2.75, 3.05) is 18.1 Å². The normalized spacial score (nSPS) is 13.1. The first-order valence-corrected chi connectivity index (χ1v) is 10.7. The van der Waals surface area contributed by atoms with Gasteiger partial charge in [-0.3, -0.25) is 9.59 Å². The van der Waals surface area contributed by atoms with Crippen molar-refractivity contribution in [1.82, 2.24) is 5.32 Å². The van der Waals surface area contributed by atoms with Gasteiger partial charge in [-0.15, -0.1) is 0 Å². The van der Waals surface area contributed by atoms with Gasteiger partial charge >= 0.3 is 11.9 Å². The van der Waals surface area contributed by atoms with E-state index in [-0.39, 0.29) is 11.5 Å². The molecule has 0 aliphatic carbocycles. The number of aryl methyl sites for hydroxylation is 1. The predicted octanol–water partition coefficient (Wildman–Crippen LogP) is 0.903. The highest BCUT2D eigenvalue weighted by molar-refractivity contribution is 8.76. The SMILES string of the molecule is Cc1ccc(CC=NOCC(=O)NC(CSSCC(N)C(=O)O)C(=O)O)cc1. The van der Waals surface area contributed by atoms with Crippen LogP contribution < -0.4 is 11.1 Å². The van der Waals surface area contributed by atoms with Gasteiger partial charge in [0.2, 0.25) is 0 Å². The van der Waals surface area contributed by atoms with Gasteiger partial charge in [-0.25, -0.2) is 4.79 Å². The van der Waals surface area contributed by atoms with Crippen LogP contribution in [0.15, 0.2) is 29.4 Å². The molecule has 0 aliphatic rings. The number of carboxylic acid groups (broad SMARTS) is 2. The van der Waals surface area contributed by atoms with Crippen molar-refractivity contribution in [2.24, 2.45) is 10.9 Å². The number of hydrogen-bond acceptors (Lipinski definition) is 8. The molecule has 0 saturated carbocycles. The number of hydrogen-bond donors (Lipinski definition) is 4. The molecule has 0 spiro atoms. The van der Waals surface area contributed by atoms with Crippen molar-refractivity contribution in [1.29, 1.82) is 0 Å². The van der Waals surface area contributed by atoms with Gasteiger partial charge in [-0.2, -0.15) is 0 Å². The summed E-state index contributed by atoms with van der Waals surface area (Å²) in [4.78, 5) is 38.4. The van der Waals surface area contributed by atoms with Gasteiger partial charge in [0.05, 0.1) is 0 Å². The van der Waals surface area contributed by atoms with Gasteiger partial charge < -0.3 is 26.1 Å². The molecular formula is C17H23N3O6S2. The second kappa shape index (κ2) is 13.0. The van der Waals surface area contributed by atoms with E-state index >= 15 is 0 Å². The average Bonchev–Trinajstić information content (AvgIpc) is 2.64. The molecule has 0 aliphatic heterocycles. The van der Waals surface area contributed by atoms with E-state index in [0.717, 1.165) is 32.7 Å². The smallest absolute Gasteiger partial charge is 0.327 e. The first kappa shape index (κ1) is 23.8. The standard InChI is InChI=1S/C17H23N3O6S2/c1-11-2-4-12(5-3-11)6-7-19-26-8-15(21)20-14(17(24)25)10-28-27-9-13(18)16(22)23/h2-5,7,13-14H,6,8-10,18H2,1H3,(H,20,21)(H,22,23)(H,24,25). The van der Waals surface area contributed by atoms with Crippen LogP contribution in [-0.2, 0) is 25.6 Å². The molecule has 5 N–H and O–H groups in total. The molecule has 1 aromatic rings. The Bertz CT molecular complexity index is 684. The third-order valence-corrected chi connectivity index (χ3v) is 5.76. The molecule has 0 bridgehead atoms. The largest absolute Gasteiger partial charge is 0.480 e. The van der Waals surface area contributed by atoms with Crippen molar-refractivity contribution in [3.8, 4) is 0 Å². The zero-order chi connectivity index (χ0) is 20.9. The van der Waals surface area contributed by atoms with Crippen LogP contribution in [0.4, 0.5) is 0 Å². The molecule has 2 atom stereocenters. The second-order valence-electron chi connectivity index (χ2n) is 5.72. The van der Waals surface area contributed by atoms with E-state index in [2.05, 4.69) is 10.5 Å². The summed E-state index contributed by atoms with van der Waals surface area (Å²) < 4.78 is 0. The molecule has 1 amide bonds. The molecule has 0 saturated heterocycles. The Balaban J connectivity index is 2.27. The summed E-state index contributed by atoms with van der Waals surface area (Å²) >= 11 is 0. The maximum atomic E-state index is 11.8. The zero-order valence-electron chi connectivity index (χ0n) is 15.2. The van der Waals surface area contributed by atoms with Crippen molar-refractivity contribution in [2.45, 2.75) is 25.4 Å². The van der Waals surface area contributed by atoms with E-state index in [0.29, 0.717) is 6.42 Å². The molecule has 0 aromatic heterocycles. The van der Waals surface area contributed by atoms with Crippen molar-refractivity contribution in [3.63, 3.8) is 0 Å². The molecule has 28 heavy (non-hydrogen) atoms. The predicted molar refractivity (Wildman–Crippen MR) is 109 cm³/mol. The monoisotopic (exact) mass is 429 g/mol. The highest BCUT2D eigenvalue weighted by Gasteiger charge is 2.21. The quantitative estimate of drug-likeness (QED) is 0.155. The van der Waals surface area contributed by atoms with Crippen LogP contribution in [-0.4, -0.2) is 64.5 Å². The minimum atomic E-state index is -1.20. The van der Waals surface area contributed by atoms with Crippen LogP contribution in [0.3, 0.4) is 0 Å². The second-order valence-corrected chi connectivity index (χ2v) is 8.28. The van der Waals surface area contributed by atoms with Crippen LogP contribution >= 0.6 is 21.6 Å². The Kier molecular flexibility index (Phi) is 11.1. The lowest BCUT2D eigenvalue weighted by Crippen LogP contribution is -2.43. The summed E-state index contributed by atoms with van der Waals surface area (Å²) in [6, 6.07) is 5.73. The summed E-state index contributed by atoms with van der Waals surface area (Å²) in [5, 5.41) is 23.8. The van der Waals surface area contributed by atoms with Crippen LogP contribution in [0.2, 0.25) is 0 Å². The number of nitrogens with zero attached hydrogens (tertiary/aromatic N) is 1. The Morgan fingerprint density at radius 1 is 1.18 bits per heavy atom. The summed E-state index contributed by atoms with van der Waals surface area (Å²) in [5.41, 5.74) is 7.55. The fraction of sp³-hybridized carbons (Fsp3) is 0.412. The molecular weight excluding hydrogens is 406 g/mol. The third kappa shape index (κ3) is 10.2. The number of aliphatic carboxylic acids is 2. The highest BCUT2D eigenvalue weighted by atomic mass is 33.1. The first-order valence-electron chi connectivity index (χ1n) is 8.24. The number of carbonyl (C=O) groups excluding carboxylic acids is 1. The van der Waals surface area contributed by atoms with Crippen molar-refractivity contribution >= 4 is 45.6 Å². The molecule has 1 aromatic carbocycles. The van der Waals surface area contributed by atoms with Gasteiger partial charge in [-0.1, -0.05) is 56.6 Å². The van der Waals surface area contributed by atoms with Crippen LogP contribution in [0.1, 0.15) is 11.1 Å². The summed E-state index contributed by atoms with van der Waals surface area (Å²) in [6.45, 7) is 1.59. The van der Waals surface area contributed by atoms with Crippen molar-refractivity contribution < 1.29 is 29.4 Å². The lowest BCUT2D eigenvalue weighted by Gasteiger charge is -2.13. The molecule has 0 radical (unpaired) electrons. The van der Waals surface area contributed by atoms with Crippen molar-refractivity contribution in [3.05, 3.63) is 35.4 Å². The number of carboxylic acids is 2. The number of nitrogens with two attached hydrogens (primary N) is 1. The minimum absolute atomic E-state index is 0.0504. The number of amides is 1. The van der Waals surface area contributed by atoms with Crippen LogP contribution in [0, 0.1) is 6.92 Å². The number of benzene rings is 1. The summed E-state index contributed by atoms with van der Waals surface area (Å²) in [5.74, 6) is -2.77. The number of nitrogens with one attached hydrogen (secondary N) is 1. The Hall–Kier alpha value is -2.24. The van der Waals surface area contributed by atoms with Gasteiger partial charge in [0.1, 0.15) is 12.1 Å². The van der Waals surface area contributed by atoms with Gasteiger partial charge in [0.15, 0.2) is 6.61 Å². The van der Waals surface area contributed by atoms with E-state index < -0.39 is 36.5 Å². The Morgan fingerprint density at radius 2 is 1.82 bits per heavy atom. The number of carbonyl (C=O) groups is 3. The molecule has 11 heteroatoms. The fourth-order valence-corrected chi connectivity index (χ4v) is 4.00. The molecule has 154 valence electrons. The molecule has 9 nitrogen and oxygen atoms in total. The lowest BCUT2D eigenvalue weighted by atomic mass is 10.1. The van der Waals surface area contributed by atoms with E-state index in [9.17, 15) is 14.4 Å². The average molecular weight is 430 g/mol. The summed E-state index contributed by atoms with van der Waals surface area (Å²) in [6.07, 6.45) is 2.07. The zero-order valence-corrected chi connectivity index (χ0v) is 16.9. The fourth-order valence-electron chi connectivity index (χ4n) is 1.73. The first-order chi connectivity index (χ1) is 13.3. The molecule has 0 heterocycles. The van der Waals surface area contributed by atoms with E-state index in [4.69, 9.17) is 20.8 Å². The van der Waals surface area contributed by atoms with Gasteiger partial charge in [0.25, 0.3) is 5.91 Å². The van der Waals surface area contributed by atoms with Crippen LogP contribution in [0.25, 0.3) is 0 Å². The van der Waals surface area contributed by atoms with E-state index in [1.165, 1.54) is 6.21 Å². The molecule has 1 rings (SSSR count). The molecule has 0 fully saturated rings. The highest BCUT2D eigenvalue weighted by Crippen LogP contribution is 2.22. The Labute approximate surface area is 170 Å². The maximum Gasteiger partial charge on any atom is 0.327 e. The maximum absolute atomic E-state index is 11.8. The van der Waals surface area contributed by atoms with Gasteiger partial charge in [0, 0.05) is 24.1 Å². The molecule has 2 unspecified atom stereocenters. The summed E-state index contributed by atoms with van der Waals surface area (Å²) in [7, 11) is 2.24. The van der Waals surface area contributed by atoms with Gasteiger partial charge in [-0.05, 0) is 12.5 Å². The van der Waals surface area contributed by atoms with Crippen LogP contribution in [0.5, 0.6) is 0 Å². The van der Waals surface area contributed by atoms with E-state index in [1.807, 2.05) is 31.2 Å². The topological polar surface area (TPSA) is 151 Å². The third-order valence-electron chi connectivity index (χ3n) is 3.31. The Morgan fingerprint density at radius 3 is 2.43 bits per heavy atom. The lowest BCUT2D eigenvalue weighted by molar-refractivity contribution is -0.141. The number of rotatable bonds is 13. The minimum Gasteiger partial charge on any atom is -0.480 e. The van der Waals surface area contributed by atoms with E-state index in [1.54, 1.807) is 0 Å².